The van der Waals surface area contributed by atoms with Crippen LogP contribution in [0, 0.1) is 0 Å². The summed E-state index contributed by atoms with van der Waals surface area (Å²) in [6.07, 6.45) is 6.14. The predicted octanol–water partition coefficient (Wildman–Crippen LogP) is 0.514. The van der Waals surface area contributed by atoms with Crippen LogP contribution < -0.4 is 5.32 Å². The van der Waals surface area contributed by atoms with Gasteiger partial charge in [0.1, 0.15) is 0 Å². The molecule has 0 bridgehead atoms. The second-order valence-corrected chi connectivity index (χ2v) is 7.42. The molecule has 2 saturated heterocycles. The Hall–Kier alpha value is -2.09. The van der Waals surface area contributed by atoms with Crippen molar-refractivity contribution in [1.29, 1.82) is 0 Å². The number of hydrogen-bond donors (Lipinski definition) is 1. The van der Waals surface area contributed by atoms with E-state index in [9.17, 15) is 4.79 Å². The van der Waals surface area contributed by atoms with Crippen molar-refractivity contribution in [2.24, 2.45) is 12.0 Å². The van der Waals surface area contributed by atoms with Gasteiger partial charge >= 0.3 is 0 Å². The highest BCUT2D eigenvalue weighted by Gasteiger charge is 2.30. The lowest BCUT2D eigenvalue weighted by atomic mass is 10.2. The van der Waals surface area contributed by atoms with Gasteiger partial charge in [0.05, 0.1) is 18.8 Å². The third-order valence-electron chi connectivity index (χ3n) is 5.44. The van der Waals surface area contributed by atoms with Gasteiger partial charge in [0.25, 0.3) is 0 Å². The second-order valence-electron chi connectivity index (χ2n) is 7.42. The van der Waals surface area contributed by atoms with Crippen molar-refractivity contribution >= 4 is 11.9 Å². The first-order valence-electron chi connectivity index (χ1n) is 10.1. The van der Waals surface area contributed by atoms with Crippen LogP contribution in [-0.4, -0.2) is 88.2 Å². The highest BCUT2D eigenvalue weighted by atomic mass is 16.2. The molecule has 0 radical (unpaired) electrons. The molecular weight excluding hydrogens is 342 g/mol. The molecule has 1 unspecified atom stereocenters. The molecule has 150 valence electrons. The zero-order valence-corrected chi connectivity index (χ0v) is 16.9. The summed E-state index contributed by atoms with van der Waals surface area (Å²) >= 11 is 0. The minimum absolute atomic E-state index is 0.0276. The van der Waals surface area contributed by atoms with Crippen LogP contribution in [-0.2, 0) is 18.4 Å². The summed E-state index contributed by atoms with van der Waals surface area (Å²) in [5, 5.41) is 7.60. The molecule has 8 nitrogen and oxygen atoms in total. The Morgan fingerprint density at radius 1 is 1.19 bits per heavy atom. The van der Waals surface area contributed by atoms with Crippen molar-refractivity contribution in [2.75, 3.05) is 45.8 Å². The molecule has 1 N–H and O–H groups in total. The van der Waals surface area contributed by atoms with E-state index in [-0.39, 0.29) is 11.9 Å². The molecule has 1 amide bonds. The number of likely N-dealkylation sites (tertiary alicyclic amines) is 1. The Kier molecular flexibility index (Phi) is 6.71. The zero-order chi connectivity index (χ0) is 19.2. The molecule has 8 heteroatoms. The first-order valence-corrected chi connectivity index (χ1v) is 10.1. The highest BCUT2D eigenvalue weighted by Crippen LogP contribution is 2.14. The quantitative estimate of drug-likeness (QED) is 0.600. The van der Waals surface area contributed by atoms with E-state index in [4.69, 9.17) is 4.99 Å². The number of aromatic nitrogens is 2. The molecule has 2 fully saturated rings. The summed E-state index contributed by atoms with van der Waals surface area (Å²) in [6, 6.07) is -0.0276. The van der Waals surface area contributed by atoms with E-state index in [1.54, 1.807) is 4.68 Å². The SMILES string of the molecule is CCNC(=NCc1cnn(C)c1)N1CCN(C(C)C(=O)N2CCCC2)CC1. The number of carbonyl (C=O) groups is 1. The molecule has 1 aromatic rings. The Morgan fingerprint density at radius 3 is 2.48 bits per heavy atom. The van der Waals surface area contributed by atoms with E-state index in [0.29, 0.717) is 6.54 Å². The van der Waals surface area contributed by atoms with E-state index in [0.717, 1.165) is 70.2 Å². The normalized spacial score (nSPS) is 20.2. The van der Waals surface area contributed by atoms with Crippen LogP contribution >= 0.6 is 0 Å². The first-order chi connectivity index (χ1) is 13.1. The Bertz CT molecular complexity index is 642. The van der Waals surface area contributed by atoms with Crippen molar-refractivity contribution in [2.45, 2.75) is 39.3 Å². The molecule has 3 heterocycles. The standard InChI is InChI=1S/C19H33N7O/c1-4-20-19(21-13-17-14-22-23(3)15-17)26-11-9-24(10-12-26)16(2)18(27)25-7-5-6-8-25/h14-16H,4-13H2,1-3H3,(H,20,21). The summed E-state index contributed by atoms with van der Waals surface area (Å²) in [5.74, 6) is 1.23. The number of amides is 1. The van der Waals surface area contributed by atoms with Gasteiger partial charge in [-0.3, -0.25) is 14.4 Å². The lowest BCUT2D eigenvalue weighted by Gasteiger charge is -2.39. The molecular formula is C19H33N7O. The summed E-state index contributed by atoms with van der Waals surface area (Å²) in [7, 11) is 1.92. The number of carbonyl (C=O) groups excluding carboxylic acids is 1. The largest absolute Gasteiger partial charge is 0.357 e. The predicted molar refractivity (Wildman–Crippen MR) is 106 cm³/mol. The molecule has 3 rings (SSSR count). The van der Waals surface area contributed by atoms with Crippen molar-refractivity contribution in [3.63, 3.8) is 0 Å². The molecule has 1 atom stereocenters. The minimum atomic E-state index is -0.0276. The second kappa shape index (κ2) is 9.21. The van der Waals surface area contributed by atoms with Crippen LogP contribution in [0.25, 0.3) is 0 Å². The van der Waals surface area contributed by atoms with Crippen LogP contribution in [0.1, 0.15) is 32.3 Å². The van der Waals surface area contributed by atoms with Gasteiger partial charge in [-0.25, -0.2) is 4.99 Å². The summed E-state index contributed by atoms with van der Waals surface area (Å²) < 4.78 is 1.80. The van der Waals surface area contributed by atoms with Gasteiger partial charge in [0.2, 0.25) is 5.91 Å². The van der Waals surface area contributed by atoms with Gasteiger partial charge in [0.15, 0.2) is 5.96 Å². The van der Waals surface area contributed by atoms with Crippen LogP contribution in [0.3, 0.4) is 0 Å². The maximum absolute atomic E-state index is 12.7. The number of nitrogens with one attached hydrogen (secondary N) is 1. The van der Waals surface area contributed by atoms with Gasteiger partial charge in [0, 0.05) is 64.6 Å². The smallest absolute Gasteiger partial charge is 0.239 e. The van der Waals surface area contributed by atoms with Crippen molar-refractivity contribution in [3.05, 3.63) is 18.0 Å². The van der Waals surface area contributed by atoms with Crippen LogP contribution in [0.15, 0.2) is 17.4 Å². The van der Waals surface area contributed by atoms with Crippen LogP contribution in [0.4, 0.5) is 0 Å². The highest BCUT2D eigenvalue weighted by molar-refractivity contribution is 5.82. The zero-order valence-electron chi connectivity index (χ0n) is 16.9. The fourth-order valence-corrected chi connectivity index (χ4v) is 3.82. The number of piperazine rings is 1. The van der Waals surface area contributed by atoms with Gasteiger partial charge in [-0.15, -0.1) is 0 Å². The number of nitrogens with zero attached hydrogens (tertiary/aromatic N) is 6. The van der Waals surface area contributed by atoms with Gasteiger partial charge < -0.3 is 15.1 Å². The molecule has 2 aliphatic rings. The monoisotopic (exact) mass is 375 g/mol. The molecule has 1 aromatic heterocycles. The molecule has 27 heavy (non-hydrogen) atoms. The maximum atomic E-state index is 12.7. The summed E-state index contributed by atoms with van der Waals surface area (Å²) in [5.41, 5.74) is 1.11. The molecule has 0 aromatic carbocycles. The minimum Gasteiger partial charge on any atom is -0.357 e. The third-order valence-corrected chi connectivity index (χ3v) is 5.44. The fraction of sp³-hybridized carbons (Fsp3) is 0.737. The van der Waals surface area contributed by atoms with E-state index in [1.807, 2.05) is 24.3 Å². The van der Waals surface area contributed by atoms with E-state index >= 15 is 0 Å². The topological polar surface area (TPSA) is 69.0 Å². The van der Waals surface area contributed by atoms with Crippen molar-refractivity contribution in [3.8, 4) is 0 Å². The number of aliphatic imine (C=N–C) groups is 1. The number of hydrogen-bond acceptors (Lipinski definition) is 4. The van der Waals surface area contributed by atoms with Crippen molar-refractivity contribution in [1.82, 2.24) is 29.8 Å². The van der Waals surface area contributed by atoms with Crippen LogP contribution in [0.5, 0.6) is 0 Å². The number of guanidine groups is 1. The van der Waals surface area contributed by atoms with Crippen molar-refractivity contribution < 1.29 is 4.79 Å². The lowest BCUT2D eigenvalue weighted by Crippen LogP contribution is -2.57. The first kappa shape index (κ1) is 19.7. The Labute approximate surface area is 162 Å². The third kappa shape index (κ3) is 5.00. The molecule has 2 aliphatic heterocycles. The molecule has 0 saturated carbocycles. The average molecular weight is 376 g/mol. The van der Waals surface area contributed by atoms with E-state index in [1.165, 1.54) is 0 Å². The average Bonchev–Trinajstić information content (AvgIpc) is 3.36. The Balaban J connectivity index is 1.54. The van der Waals surface area contributed by atoms with Gasteiger partial charge in [-0.2, -0.15) is 5.10 Å². The van der Waals surface area contributed by atoms with E-state index < -0.39 is 0 Å². The number of rotatable bonds is 5. The van der Waals surface area contributed by atoms with Gasteiger partial charge in [-0.1, -0.05) is 0 Å². The Morgan fingerprint density at radius 2 is 1.89 bits per heavy atom. The fourth-order valence-electron chi connectivity index (χ4n) is 3.82. The van der Waals surface area contributed by atoms with Gasteiger partial charge in [-0.05, 0) is 26.7 Å². The number of aryl methyl sites for hydroxylation is 1. The lowest BCUT2D eigenvalue weighted by molar-refractivity contribution is -0.135. The molecule has 0 aliphatic carbocycles. The van der Waals surface area contributed by atoms with E-state index in [2.05, 4.69) is 34.1 Å². The molecule has 0 spiro atoms. The maximum Gasteiger partial charge on any atom is 0.239 e. The summed E-state index contributed by atoms with van der Waals surface area (Å²) in [4.78, 5) is 24.1. The van der Waals surface area contributed by atoms with Crippen LogP contribution in [0.2, 0.25) is 0 Å². The summed E-state index contributed by atoms with van der Waals surface area (Å²) in [6.45, 7) is 11.0.